The van der Waals surface area contributed by atoms with Gasteiger partial charge in [0.1, 0.15) is 17.5 Å². The Kier molecular flexibility index (Phi) is 10.00. The first kappa shape index (κ1) is 36.9. The van der Waals surface area contributed by atoms with Gasteiger partial charge in [-0.05, 0) is 98.3 Å². The number of aryl methyl sites for hydroxylation is 1. The molecular formula is C44H42N8O6. The molecule has 3 aliphatic heterocycles. The lowest BCUT2D eigenvalue weighted by atomic mass is 9.98. The molecule has 2 fully saturated rings. The van der Waals surface area contributed by atoms with E-state index in [2.05, 4.69) is 67.9 Å². The Morgan fingerprint density at radius 3 is 2.36 bits per heavy atom. The zero-order valence-electron chi connectivity index (χ0n) is 31.8. The first-order valence-electron chi connectivity index (χ1n) is 19.8. The number of ether oxygens (including phenoxy) is 1. The number of amides is 4. The number of anilines is 1. The van der Waals surface area contributed by atoms with Crippen LogP contribution in [0, 0.1) is 0 Å². The van der Waals surface area contributed by atoms with Crippen LogP contribution in [0.2, 0.25) is 0 Å². The zero-order valence-corrected chi connectivity index (χ0v) is 31.8. The number of aromatic nitrogens is 3. The number of nitrogens with zero attached hydrogens (tertiary/aromatic N) is 7. The molecule has 14 heteroatoms. The number of piperazine rings is 1. The highest BCUT2D eigenvalue weighted by molar-refractivity contribution is 6.24. The lowest BCUT2D eigenvalue weighted by molar-refractivity contribution is -0.136. The highest BCUT2D eigenvalue weighted by Crippen LogP contribution is 2.36. The zero-order chi connectivity index (χ0) is 39.8. The molecule has 5 heterocycles. The van der Waals surface area contributed by atoms with Crippen LogP contribution >= 0.6 is 0 Å². The minimum Gasteiger partial charge on any atom is -0.493 e. The summed E-state index contributed by atoms with van der Waals surface area (Å²) in [5.74, 6) is -1.82. The van der Waals surface area contributed by atoms with Gasteiger partial charge in [-0.15, -0.1) is 0 Å². The minimum atomic E-state index is -1.01. The standard InChI is InChI=1S/C44H42N8O6/c53-39-15-14-37(42(54)46-39)52-43(55)34-4-3-5-38(40(34)44(52)56)58-25-2-1-20-49-21-23-50(24-22-49)31-8-10-32(11-9-31)51-27-35(41(47-51)28-16-18-45-19-17-28)30-6-12-33-29(26-30)7-13-36(33)48-57/h3-6,8-12,16-19,26-27,37,57H,1-2,7,13-15,20-25H2,(H,46,53,54)/b48-36+/t37-/m0/s1. The molecule has 58 heavy (non-hydrogen) atoms. The van der Waals surface area contributed by atoms with Crippen LogP contribution in [-0.4, -0.2) is 104 Å². The van der Waals surface area contributed by atoms with E-state index in [1.165, 1.54) is 5.56 Å². The molecule has 0 radical (unpaired) electrons. The maximum atomic E-state index is 13.4. The summed E-state index contributed by atoms with van der Waals surface area (Å²) < 4.78 is 7.96. The van der Waals surface area contributed by atoms with Crippen molar-refractivity contribution >= 4 is 35.0 Å². The molecule has 0 bridgehead atoms. The van der Waals surface area contributed by atoms with Crippen molar-refractivity contribution in [1.29, 1.82) is 0 Å². The number of fused-ring (bicyclic) bond motifs is 2. The van der Waals surface area contributed by atoms with Crippen LogP contribution in [0.5, 0.6) is 5.75 Å². The first-order chi connectivity index (χ1) is 28.4. The lowest BCUT2D eigenvalue weighted by Crippen LogP contribution is -2.54. The molecule has 4 amide bonds. The van der Waals surface area contributed by atoms with E-state index in [4.69, 9.17) is 9.84 Å². The molecule has 1 atom stereocenters. The van der Waals surface area contributed by atoms with Gasteiger partial charge in [0.25, 0.3) is 11.8 Å². The fraction of sp³-hybridized carbons (Fsp3) is 0.295. The number of hydrogen-bond donors (Lipinski definition) is 2. The summed E-state index contributed by atoms with van der Waals surface area (Å²) in [5, 5.41) is 20.2. The molecule has 2 saturated heterocycles. The second kappa shape index (κ2) is 15.7. The molecular weight excluding hydrogens is 737 g/mol. The van der Waals surface area contributed by atoms with Crippen molar-refractivity contribution < 1.29 is 29.1 Å². The molecule has 14 nitrogen and oxygen atoms in total. The Hall–Kier alpha value is -6.67. The highest BCUT2D eigenvalue weighted by atomic mass is 16.5. The van der Waals surface area contributed by atoms with Crippen LogP contribution in [0.1, 0.15) is 63.9 Å². The van der Waals surface area contributed by atoms with Gasteiger partial charge in [0.2, 0.25) is 11.8 Å². The van der Waals surface area contributed by atoms with Gasteiger partial charge in [-0.25, -0.2) is 4.68 Å². The van der Waals surface area contributed by atoms with Crippen molar-refractivity contribution in [2.75, 3.05) is 44.2 Å². The van der Waals surface area contributed by atoms with Gasteiger partial charge in [-0.2, -0.15) is 5.10 Å². The number of benzene rings is 3. The number of carbonyl (C=O) groups excluding carboxylic acids is 4. The van der Waals surface area contributed by atoms with Crippen LogP contribution < -0.4 is 15.0 Å². The third-order valence-electron chi connectivity index (χ3n) is 11.6. The van der Waals surface area contributed by atoms with E-state index in [1.54, 1.807) is 30.6 Å². The molecule has 3 aromatic carbocycles. The molecule has 2 aromatic heterocycles. The average molecular weight is 779 g/mol. The van der Waals surface area contributed by atoms with Gasteiger partial charge in [0.15, 0.2) is 0 Å². The molecule has 294 valence electrons. The van der Waals surface area contributed by atoms with Crippen molar-refractivity contribution in [1.82, 2.24) is 29.9 Å². The molecule has 9 rings (SSSR count). The van der Waals surface area contributed by atoms with Gasteiger partial charge >= 0.3 is 0 Å². The number of nitrogens with one attached hydrogen (secondary N) is 1. The second-order valence-corrected chi connectivity index (χ2v) is 15.0. The maximum absolute atomic E-state index is 13.4. The molecule has 0 saturated carbocycles. The average Bonchev–Trinajstić information content (AvgIpc) is 3.96. The van der Waals surface area contributed by atoms with Gasteiger partial charge in [0.05, 0.1) is 29.1 Å². The van der Waals surface area contributed by atoms with Crippen LogP contribution in [0.3, 0.4) is 0 Å². The van der Waals surface area contributed by atoms with E-state index in [0.717, 1.165) is 108 Å². The summed E-state index contributed by atoms with van der Waals surface area (Å²) in [6.07, 6.45) is 9.07. The Morgan fingerprint density at radius 1 is 0.793 bits per heavy atom. The fourth-order valence-electron chi connectivity index (χ4n) is 8.45. The number of unbranched alkanes of at least 4 members (excludes halogenated alkanes) is 1. The number of piperidine rings is 1. The number of rotatable bonds is 11. The summed E-state index contributed by atoms with van der Waals surface area (Å²) in [4.78, 5) is 60.6. The summed E-state index contributed by atoms with van der Waals surface area (Å²) >= 11 is 0. The second-order valence-electron chi connectivity index (χ2n) is 15.0. The largest absolute Gasteiger partial charge is 0.493 e. The number of imide groups is 2. The third-order valence-corrected chi connectivity index (χ3v) is 11.6. The predicted molar refractivity (Wildman–Crippen MR) is 215 cm³/mol. The molecule has 5 aromatic rings. The molecule has 0 spiro atoms. The summed E-state index contributed by atoms with van der Waals surface area (Å²) in [7, 11) is 0. The monoisotopic (exact) mass is 778 g/mol. The van der Waals surface area contributed by atoms with Gasteiger partial charge in [-0.1, -0.05) is 29.4 Å². The van der Waals surface area contributed by atoms with Crippen molar-refractivity contribution in [3.05, 3.63) is 114 Å². The Morgan fingerprint density at radius 2 is 1.59 bits per heavy atom. The normalized spacial score (nSPS) is 18.8. The van der Waals surface area contributed by atoms with E-state index < -0.39 is 29.7 Å². The number of pyridine rings is 1. The summed E-state index contributed by atoms with van der Waals surface area (Å²) in [6.45, 7) is 5.00. The van der Waals surface area contributed by atoms with Crippen LogP contribution in [0.4, 0.5) is 5.69 Å². The van der Waals surface area contributed by atoms with Crippen molar-refractivity contribution in [3.63, 3.8) is 0 Å². The lowest BCUT2D eigenvalue weighted by Gasteiger charge is -2.36. The Bertz CT molecular complexity index is 2440. The fourth-order valence-corrected chi connectivity index (χ4v) is 8.45. The molecule has 0 unspecified atom stereocenters. The quantitative estimate of drug-likeness (QED) is 0.0798. The van der Waals surface area contributed by atoms with E-state index in [1.807, 2.05) is 22.9 Å². The predicted octanol–water partition coefficient (Wildman–Crippen LogP) is 5.11. The smallest absolute Gasteiger partial charge is 0.266 e. The topological polar surface area (TPSA) is 163 Å². The van der Waals surface area contributed by atoms with Gasteiger partial charge < -0.3 is 14.8 Å². The van der Waals surface area contributed by atoms with E-state index in [-0.39, 0.29) is 24.0 Å². The van der Waals surface area contributed by atoms with E-state index in [9.17, 15) is 24.4 Å². The number of oxime groups is 1. The summed E-state index contributed by atoms with van der Waals surface area (Å²) in [6, 6.07) is 22.7. The summed E-state index contributed by atoms with van der Waals surface area (Å²) in [5.41, 5.74) is 9.35. The van der Waals surface area contributed by atoms with Crippen LogP contribution in [0.15, 0.2) is 96.5 Å². The molecule has 1 aliphatic carbocycles. The highest BCUT2D eigenvalue weighted by Gasteiger charge is 2.46. The Balaban J connectivity index is 0.782. The number of hydrogen-bond acceptors (Lipinski definition) is 11. The van der Waals surface area contributed by atoms with Gasteiger partial charge in [-0.3, -0.25) is 39.3 Å². The SMILES string of the molecule is O=C1CC[C@H](N2C(=O)c3cccc(OCCCCN4CCN(c5ccc(-n6cc(-c7ccc8c(c7)CC/C8=N\O)c(-c7ccncc7)n6)cc5)CC4)c3C2=O)C(=O)N1. The molecule has 2 N–H and O–H groups in total. The minimum absolute atomic E-state index is 0.0712. The first-order valence-corrected chi connectivity index (χ1v) is 19.8. The number of carbonyl (C=O) groups is 4. The van der Waals surface area contributed by atoms with Crippen molar-refractivity contribution in [2.45, 2.75) is 44.6 Å². The van der Waals surface area contributed by atoms with E-state index in [0.29, 0.717) is 12.4 Å². The maximum Gasteiger partial charge on any atom is 0.266 e. The molecule has 4 aliphatic rings. The van der Waals surface area contributed by atoms with E-state index >= 15 is 0 Å². The van der Waals surface area contributed by atoms with Crippen molar-refractivity contribution in [3.8, 4) is 33.8 Å². The van der Waals surface area contributed by atoms with Crippen LogP contribution in [-0.2, 0) is 16.0 Å². The van der Waals surface area contributed by atoms with Crippen LogP contribution in [0.25, 0.3) is 28.1 Å². The van der Waals surface area contributed by atoms with Gasteiger partial charge in [0, 0.05) is 73.6 Å². The van der Waals surface area contributed by atoms with Crippen molar-refractivity contribution in [2.24, 2.45) is 5.16 Å². The third kappa shape index (κ3) is 7.00. The Labute approximate surface area is 334 Å².